The lowest BCUT2D eigenvalue weighted by molar-refractivity contribution is 1.39. The van der Waals surface area contributed by atoms with Gasteiger partial charge in [-0.3, -0.25) is 0 Å². The maximum absolute atomic E-state index is 2.55. The predicted molar refractivity (Wildman–Crippen MR) is 155 cm³/mol. The van der Waals surface area contributed by atoms with Crippen molar-refractivity contribution in [2.45, 2.75) is 6.16 Å². The highest BCUT2D eigenvalue weighted by molar-refractivity contribution is 7.73. The van der Waals surface area contributed by atoms with Crippen LogP contribution < -0.4 is 21.2 Å². The van der Waals surface area contributed by atoms with Gasteiger partial charge in [0.05, 0.1) is 0 Å². The molecule has 0 atom stereocenters. The van der Waals surface area contributed by atoms with Crippen LogP contribution in [0.5, 0.6) is 0 Å². The summed E-state index contributed by atoms with van der Waals surface area (Å²) in [7, 11) is -1.54. The molecule has 166 valence electrons. The minimum atomic E-state index is -1.06. The Hall–Kier alpha value is -3.17. The Balaban J connectivity index is 1.59. The van der Waals surface area contributed by atoms with Crippen LogP contribution in [-0.4, -0.2) is 5.80 Å². The van der Waals surface area contributed by atoms with Crippen LogP contribution in [0.2, 0.25) is 0 Å². The number of rotatable bonds is 7. The average Bonchev–Trinajstić information content (AvgIpc) is 2.93. The molecular formula is C32H28P2. The third-order valence-corrected chi connectivity index (χ3v) is 11.0. The Morgan fingerprint density at radius 2 is 0.882 bits per heavy atom. The molecule has 0 unspecified atom stereocenters. The van der Waals surface area contributed by atoms with Crippen LogP contribution in [0.15, 0.2) is 146 Å². The third kappa shape index (κ3) is 5.48. The fourth-order valence-electron chi connectivity index (χ4n) is 4.26. The summed E-state index contributed by atoms with van der Waals surface area (Å²) in [5.74, 6) is 2.55. The van der Waals surface area contributed by atoms with Crippen LogP contribution in [-0.2, 0) is 6.16 Å². The molecule has 0 saturated heterocycles. The third-order valence-electron chi connectivity index (χ3n) is 5.99. The molecule has 0 aliphatic heterocycles. The molecule has 0 fully saturated rings. The summed E-state index contributed by atoms with van der Waals surface area (Å²) in [6, 6.07) is 53.0. The molecule has 5 aromatic rings. The van der Waals surface area contributed by atoms with Gasteiger partial charge in [-0.1, -0.05) is 159 Å². The highest BCUT2D eigenvalue weighted by Crippen LogP contribution is 2.39. The van der Waals surface area contributed by atoms with Crippen molar-refractivity contribution in [3.05, 3.63) is 157 Å². The predicted octanol–water partition coefficient (Wildman–Crippen LogP) is 6.34. The van der Waals surface area contributed by atoms with Crippen molar-refractivity contribution in [2.75, 3.05) is 0 Å². The summed E-state index contributed by atoms with van der Waals surface area (Å²) in [5, 5.41) is 5.69. The molecule has 0 radical (unpaired) electrons. The summed E-state index contributed by atoms with van der Waals surface area (Å²) in [6.07, 6.45) is 1.04. The summed E-state index contributed by atoms with van der Waals surface area (Å²) < 4.78 is 0. The van der Waals surface area contributed by atoms with Crippen LogP contribution in [0.3, 0.4) is 0 Å². The molecule has 5 aromatic carbocycles. The molecule has 0 amide bonds. The number of hydrogen-bond donors (Lipinski definition) is 0. The summed E-state index contributed by atoms with van der Waals surface area (Å²) >= 11 is 0. The number of hydrogen-bond acceptors (Lipinski definition) is 0. The van der Waals surface area contributed by atoms with Crippen LogP contribution in [0.25, 0.3) is 0 Å². The summed E-state index contributed by atoms with van der Waals surface area (Å²) in [5.41, 5.74) is 2.79. The van der Waals surface area contributed by atoms with Crippen molar-refractivity contribution >= 4 is 42.5 Å². The second kappa shape index (κ2) is 11.3. The summed E-state index contributed by atoms with van der Waals surface area (Å²) in [4.78, 5) is 0. The van der Waals surface area contributed by atoms with Crippen molar-refractivity contribution in [3.63, 3.8) is 0 Å². The lowest BCUT2D eigenvalue weighted by Gasteiger charge is -2.20. The van der Waals surface area contributed by atoms with Crippen molar-refractivity contribution in [2.24, 2.45) is 0 Å². The smallest absolute Gasteiger partial charge is 0.00134 e. The molecule has 34 heavy (non-hydrogen) atoms. The number of benzene rings is 5. The average molecular weight is 475 g/mol. The first kappa shape index (κ1) is 22.6. The van der Waals surface area contributed by atoms with Gasteiger partial charge >= 0.3 is 0 Å². The van der Waals surface area contributed by atoms with E-state index >= 15 is 0 Å². The van der Waals surface area contributed by atoms with E-state index in [0.717, 1.165) is 6.16 Å². The van der Waals surface area contributed by atoms with E-state index in [1.54, 1.807) is 0 Å². The maximum Gasteiger partial charge on any atom is 0.00134 e. The van der Waals surface area contributed by atoms with E-state index in [-0.39, 0.29) is 0 Å². The van der Waals surface area contributed by atoms with Gasteiger partial charge < -0.3 is 0 Å². The second-order valence-corrected chi connectivity index (χ2v) is 12.7. The van der Waals surface area contributed by atoms with Crippen molar-refractivity contribution in [1.29, 1.82) is 0 Å². The largest absolute Gasteiger partial charge is 0.0622 e. The first-order valence-corrected chi connectivity index (χ1v) is 14.8. The van der Waals surface area contributed by atoms with Crippen LogP contribution in [0.1, 0.15) is 11.1 Å². The minimum absolute atomic E-state index is 0.486. The lowest BCUT2D eigenvalue weighted by atomic mass is 10.1. The van der Waals surface area contributed by atoms with Gasteiger partial charge in [0.25, 0.3) is 0 Å². The first-order valence-electron chi connectivity index (χ1n) is 11.7. The molecule has 5 rings (SSSR count). The first-order chi connectivity index (χ1) is 16.9. The van der Waals surface area contributed by atoms with Crippen molar-refractivity contribution in [1.82, 2.24) is 0 Å². The normalized spacial score (nSPS) is 11.0. The van der Waals surface area contributed by atoms with E-state index in [0.29, 0.717) is 0 Å². The Labute approximate surface area is 205 Å². The fourth-order valence-corrected chi connectivity index (χ4v) is 8.98. The Morgan fingerprint density at radius 1 is 0.471 bits per heavy atom. The molecule has 0 aliphatic carbocycles. The van der Waals surface area contributed by atoms with E-state index in [4.69, 9.17) is 0 Å². The summed E-state index contributed by atoms with van der Waals surface area (Å²) in [6.45, 7) is 0. The quantitative estimate of drug-likeness (QED) is 0.242. The van der Waals surface area contributed by atoms with Gasteiger partial charge in [-0.2, -0.15) is 0 Å². The van der Waals surface area contributed by atoms with Gasteiger partial charge in [0.1, 0.15) is 0 Å². The van der Waals surface area contributed by atoms with E-state index in [2.05, 4.69) is 151 Å². The highest BCUT2D eigenvalue weighted by Gasteiger charge is 2.16. The maximum atomic E-state index is 2.55. The monoisotopic (exact) mass is 474 g/mol. The molecule has 0 saturated carbocycles. The standard InChI is InChI=1S/C32H28P2/c1-5-17-29(18-6-1)33(30-19-7-2-8-20-30)25-27-15-13-14-16-28(27)26-34(31-21-9-3-10-22-31)32-23-11-4-12-24-32/h1-25,33H,26H2. The van der Waals surface area contributed by atoms with Gasteiger partial charge in [-0.05, 0) is 40.3 Å². The Kier molecular flexibility index (Phi) is 7.52. The van der Waals surface area contributed by atoms with Crippen LogP contribution in [0.4, 0.5) is 0 Å². The molecule has 0 N–H and O–H groups in total. The molecular weight excluding hydrogens is 446 g/mol. The zero-order valence-corrected chi connectivity index (χ0v) is 21.0. The molecule has 0 bridgehead atoms. The molecule has 0 heterocycles. The van der Waals surface area contributed by atoms with E-state index in [1.165, 1.54) is 32.3 Å². The van der Waals surface area contributed by atoms with Crippen LogP contribution >= 0.6 is 15.5 Å². The van der Waals surface area contributed by atoms with Crippen LogP contribution in [0, 0.1) is 0 Å². The van der Waals surface area contributed by atoms with Gasteiger partial charge in [-0.25, -0.2) is 0 Å². The Morgan fingerprint density at radius 3 is 1.38 bits per heavy atom. The minimum Gasteiger partial charge on any atom is -0.0622 e. The van der Waals surface area contributed by atoms with E-state index in [1.807, 2.05) is 0 Å². The van der Waals surface area contributed by atoms with Gasteiger partial charge in [0.15, 0.2) is 0 Å². The van der Waals surface area contributed by atoms with E-state index < -0.39 is 15.5 Å². The zero-order valence-electron chi connectivity index (χ0n) is 19.1. The van der Waals surface area contributed by atoms with Gasteiger partial charge in [-0.15, -0.1) is 0 Å². The lowest BCUT2D eigenvalue weighted by Crippen LogP contribution is -2.14. The fraction of sp³-hybridized carbons (Fsp3) is 0.0312. The molecule has 0 aliphatic rings. The van der Waals surface area contributed by atoms with Crippen molar-refractivity contribution < 1.29 is 0 Å². The van der Waals surface area contributed by atoms with Crippen molar-refractivity contribution in [3.8, 4) is 0 Å². The highest BCUT2D eigenvalue weighted by atomic mass is 31.1. The topological polar surface area (TPSA) is 0 Å². The SMILES string of the molecule is C(c1ccccc1CP(c1ccccc1)c1ccccc1)=[PH](c1ccccc1)c1ccccc1. The van der Waals surface area contributed by atoms with E-state index in [9.17, 15) is 0 Å². The van der Waals surface area contributed by atoms with Gasteiger partial charge in [0.2, 0.25) is 0 Å². The molecule has 2 heteroatoms. The molecule has 0 nitrogen and oxygen atoms in total. The zero-order chi connectivity index (χ0) is 23.0. The van der Waals surface area contributed by atoms with Gasteiger partial charge in [0, 0.05) is 6.16 Å². The molecule has 0 spiro atoms. The molecule has 0 aromatic heterocycles. The second-order valence-electron chi connectivity index (χ2n) is 8.25. The Bertz CT molecular complexity index is 1260.